The first kappa shape index (κ1) is 22.8. The number of furan rings is 1. The molecule has 0 fully saturated rings. The smallest absolute Gasteiger partial charge is 0.300 e. The van der Waals surface area contributed by atoms with Gasteiger partial charge in [0.2, 0.25) is 5.75 Å². The van der Waals surface area contributed by atoms with Gasteiger partial charge in [0.25, 0.3) is 17.9 Å². The van der Waals surface area contributed by atoms with Crippen LogP contribution >= 0.6 is 0 Å². The number of benzene rings is 1. The molecule has 134 valence electrons. The molecule has 0 saturated heterocycles. The van der Waals surface area contributed by atoms with E-state index in [4.69, 9.17) is 44.3 Å². The second-order valence-corrected chi connectivity index (χ2v) is 3.99. The van der Waals surface area contributed by atoms with E-state index in [-0.39, 0.29) is 22.8 Å². The van der Waals surface area contributed by atoms with Crippen LogP contribution in [0.1, 0.15) is 20.8 Å². The molecule has 2 aromatic rings. The van der Waals surface area contributed by atoms with E-state index in [1.165, 1.54) is 12.1 Å². The van der Waals surface area contributed by atoms with Gasteiger partial charge in [-0.3, -0.25) is 14.4 Å². The average molecular weight is 346 g/mol. The summed E-state index contributed by atoms with van der Waals surface area (Å²) in [5.74, 6) is -3.18. The summed E-state index contributed by atoms with van der Waals surface area (Å²) in [5.41, 5.74) is 0.0903. The first-order valence-corrected chi connectivity index (χ1v) is 6.09. The molecule has 0 amide bonds. The summed E-state index contributed by atoms with van der Waals surface area (Å²) in [6.07, 6.45) is 1.10. The molecule has 10 heteroatoms. The van der Waals surface area contributed by atoms with Gasteiger partial charge >= 0.3 is 0 Å². The zero-order chi connectivity index (χ0) is 19.4. The summed E-state index contributed by atoms with van der Waals surface area (Å²) in [4.78, 5) is 27.0. The van der Waals surface area contributed by atoms with Gasteiger partial charge in [-0.1, -0.05) is 0 Å². The zero-order valence-corrected chi connectivity index (χ0v) is 13.0. The number of carboxylic acid groups (broad SMARTS) is 3. The standard InChI is InChI=1S/C8H6O4.3C2H4O2/c9-5-2-1-4-6(10)3-12-8(4)7(5)11;3*1-2(3)4/h1-3,9-11H;3*1H3,(H,3,4). The van der Waals surface area contributed by atoms with Crippen LogP contribution < -0.4 is 0 Å². The fraction of sp³-hybridized carbons (Fsp3) is 0.214. The molecule has 0 unspecified atom stereocenters. The van der Waals surface area contributed by atoms with Crippen LogP contribution in [-0.4, -0.2) is 48.5 Å². The number of carbonyl (C=O) groups is 3. The third kappa shape index (κ3) is 11.3. The molecule has 0 aliphatic carbocycles. The van der Waals surface area contributed by atoms with Crippen molar-refractivity contribution in [3.63, 3.8) is 0 Å². The number of phenols is 2. The normalized spacial score (nSPS) is 8.46. The quantitative estimate of drug-likeness (QED) is 0.384. The van der Waals surface area contributed by atoms with Crippen molar-refractivity contribution in [1.29, 1.82) is 0 Å². The number of fused-ring (bicyclic) bond motifs is 1. The van der Waals surface area contributed by atoms with E-state index in [1.54, 1.807) is 0 Å². The van der Waals surface area contributed by atoms with Gasteiger partial charge in [-0.05, 0) is 12.1 Å². The summed E-state index contributed by atoms with van der Waals surface area (Å²) in [6.45, 7) is 3.25. The Labute approximate surface area is 135 Å². The molecule has 0 aliphatic rings. The van der Waals surface area contributed by atoms with E-state index in [0.29, 0.717) is 5.39 Å². The van der Waals surface area contributed by atoms with Crippen LogP contribution in [0.25, 0.3) is 11.0 Å². The highest BCUT2D eigenvalue weighted by molar-refractivity contribution is 5.90. The number of hydrogen-bond acceptors (Lipinski definition) is 7. The highest BCUT2D eigenvalue weighted by Gasteiger charge is 2.11. The van der Waals surface area contributed by atoms with E-state index >= 15 is 0 Å². The van der Waals surface area contributed by atoms with E-state index in [2.05, 4.69) is 0 Å². The first-order valence-electron chi connectivity index (χ1n) is 6.09. The monoisotopic (exact) mass is 346 g/mol. The minimum atomic E-state index is -0.833. The lowest BCUT2D eigenvalue weighted by atomic mass is 10.2. The third-order valence-electron chi connectivity index (χ3n) is 1.67. The molecule has 1 heterocycles. The van der Waals surface area contributed by atoms with Crippen LogP contribution in [0.15, 0.2) is 22.8 Å². The molecular formula is C14H18O10. The number of phenolic OH excluding ortho intramolecular Hbond substituents is 2. The summed E-state index contributed by atoms with van der Waals surface area (Å²) < 4.78 is 4.80. The second kappa shape index (κ2) is 11.2. The Morgan fingerprint density at radius 1 is 0.792 bits per heavy atom. The predicted molar refractivity (Wildman–Crippen MR) is 81.1 cm³/mol. The lowest BCUT2D eigenvalue weighted by Crippen LogP contribution is -1.78. The van der Waals surface area contributed by atoms with E-state index in [9.17, 15) is 5.11 Å². The van der Waals surface area contributed by atoms with Crippen LogP contribution in [0, 0.1) is 0 Å². The van der Waals surface area contributed by atoms with E-state index < -0.39 is 17.9 Å². The largest absolute Gasteiger partial charge is 0.504 e. The van der Waals surface area contributed by atoms with Crippen LogP contribution in [0.5, 0.6) is 17.2 Å². The van der Waals surface area contributed by atoms with Crippen molar-refractivity contribution in [2.75, 3.05) is 0 Å². The Morgan fingerprint density at radius 3 is 1.54 bits per heavy atom. The van der Waals surface area contributed by atoms with E-state index in [1.807, 2.05) is 0 Å². The van der Waals surface area contributed by atoms with Gasteiger partial charge in [0.15, 0.2) is 17.1 Å². The van der Waals surface area contributed by atoms with Gasteiger partial charge < -0.3 is 35.1 Å². The molecule has 10 nitrogen and oxygen atoms in total. The fourth-order valence-corrected chi connectivity index (χ4v) is 1.06. The summed E-state index contributed by atoms with van der Waals surface area (Å²) in [7, 11) is 0. The summed E-state index contributed by atoms with van der Waals surface area (Å²) in [5, 5.41) is 50.0. The first-order chi connectivity index (χ1) is 10.9. The molecule has 6 N–H and O–H groups in total. The van der Waals surface area contributed by atoms with Crippen molar-refractivity contribution in [1.82, 2.24) is 0 Å². The van der Waals surface area contributed by atoms with Gasteiger partial charge in [-0.15, -0.1) is 0 Å². The van der Waals surface area contributed by atoms with Crippen LogP contribution in [-0.2, 0) is 14.4 Å². The van der Waals surface area contributed by atoms with E-state index in [0.717, 1.165) is 27.0 Å². The van der Waals surface area contributed by atoms with Crippen LogP contribution in [0.2, 0.25) is 0 Å². The number of hydrogen-bond donors (Lipinski definition) is 6. The van der Waals surface area contributed by atoms with Crippen molar-refractivity contribution in [3.05, 3.63) is 18.4 Å². The van der Waals surface area contributed by atoms with Gasteiger partial charge in [-0.2, -0.15) is 0 Å². The molecule has 2 rings (SSSR count). The maximum Gasteiger partial charge on any atom is 0.300 e. The number of carboxylic acids is 3. The molecule has 0 radical (unpaired) electrons. The zero-order valence-electron chi connectivity index (χ0n) is 13.0. The maximum absolute atomic E-state index is 9.22. The molecule has 0 atom stereocenters. The van der Waals surface area contributed by atoms with Gasteiger partial charge in [-0.25, -0.2) is 0 Å². The molecule has 0 bridgehead atoms. The SMILES string of the molecule is CC(=O)O.CC(=O)O.CC(=O)O.Oc1ccc2c(O)coc2c1O. The van der Waals surface area contributed by atoms with Crippen molar-refractivity contribution < 1.29 is 49.4 Å². The Morgan fingerprint density at radius 2 is 1.17 bits per heavy atom. The maximum atomic E-state index is 9.22. The molecule has 0 saturated carbocycles. The van der Waals surface area contributed by atoms with Gasteiger partial charge in [0.1, 0.15) is 6.26 Å². The lowest BCUT2D eigenvalue weighted by molar-refractivity contribution is -0.135. The Balaban J connectivity index is 0. The predicted octanol–water partition coefficient (Wildman–Crippen LogP) is 1.82. The molecule has 24 heavy (non-hydrogen) atoms. The average Bonchev–Trinajstić information content (AvgIpc) is 2.74. The third-order valence-corrected chi connectivity index (χ3v) is 1.67. The Kier molecular flexibility index (Phi) is 10.6. The highest BCUT2D eigenvalue weighted by atomic mass is 16.4. The summed E-state index contributed by atoms with van der Waals surface area (Å²) >= 11 is 0. The number of aromatic hydroxyl groups is 3. The molecule has 0 spiro atoms. The van der Waals surface area contributed by atoms with Crippen LogP contribution in [0.4, 0.5) is 0 Å². The molecular weight excluding hydrogens is 328 g/mol. The Bertz CT molecular complexity index is 646. The summed E-state index contributed by atoms with van der Waals surface area (Å²) in [6, 6.07) is 2.75. The molecule has 1 aromatic carbocycles. The van der Waals surface area contributed by atoms with Crippen molar-refractivity contribution in [2.45, 2.75) is 20.8 Å². The number of rotatable bonds is 0. The number of aliphatic carboxylic acids is 3. The topological polar surface area (TPSA) is 186 Å². The van der Waals surface area contributed by atoms with Gasteiger partial charge in [0, 0.05) is 20.8 Å². The van der Waals surface area contributed by atoms with Crippen molar-refractivity contribution in [3.8, 4) is 17.2 Å². The molecule has 1 aromatic heterocycles. The fourth-order valence-electron chi connectivity index (χ4n) is 1.06. The lowest BCUT2D eigenvalue weighted by Gasteiger charge is -1.95. The highest BCUT2D eigenvalue weighted by Crippen LogP contribution is 2.38. The van der Waals surface area contributed by atoms with Gasteiger partial charge in [0.05, 0.1) is 5.39 Å². The minimum absolute atomic E-state index is 0.0553. The Hall–Kier alpha value is -3.43. The van der Waals surface area contributed by atoms with Crippen molar-refractivity contribution >= 4 is 28.9 Å². The minimum Gasteiger partial charge on any atom is -0.504 e. The molecule has 0 aliphatic heterocycles. The van der Waals surface area contributed by atoms with Crippen LogP contribution in [0.3, 0.4) is 0 Å². The second-order valence-electron chi connectivity index (χ2n) is 3.99. The van der Waals surface area contributed by atoms with Crippen molar-refractivity contribution in [2.24, 2.45) is 0 Å².